The first-order valence-corrected chi connectivity index (χ1v) is 8.54. The van der Waals surface area contributed by atoms with Gasteiger partial charge in [-0.15, -0.1) is 11.8 Å². The van der Waals surface area contributed by atoms with Crippen LogP contribution in [0.3, 0.4) is 0 Å². The van der Waals surface area contributed by atoms with Crippen molar-refractivity contribution in [2.45, 2.75) is 31.2 Å². The van der Waals surface area contributed by atoms with Gasteiger partial charge in [-0.3, -0.25) is 0 Å². The van der Waals surface area contributed by atoms with Crippen molar-refractivity contribution in [3.05, 3.63) is 29.8 Å². The van der Waals surface area contributed by atoms with Crippen LogP contribution in [0.1, 0.15) is 26.3 Å². The molecule has 0 radical (unpaired) electrons. The Morgan fingerprint density at radius 3 is 2.25 bits per heavy atom. The van der Waals surface area contributed by atoms with Crippen LogP contribution in [-0.2, 0) is 5.54 Å². The van der Waals surface area contributed by atoms with Gasteiger partial charge in [0.2, 0.25) is 0 Å². The maximum Gasteiger partial charge on any atom is 0.0652 e. The molecule has 1 atom stereocenters. The number of rotatable bonds is 9. The molecule has 0 fully saturated rings. The minimum absolute atomic E-state index is 0.101. The van der Waals surface area contributed by atoms with E-state index in [1.54, 1.807) is 11.8 Å². The maximum absolute atomic E-state index is 9.76. The predicted molar refractivity (Wildman–Crippen MR) is 88.5 cm³/mol. The zero-order valence-corrected chi connectivity index (χ0v) is 14.0. The highest BCUT2D eigenvalue weighted by Crippen LogP contribution is 2.23. The van der Waals surface area contributed by atoms with Gasteiger partial charge in [0.25, 0.3) is 0 Å². The summed E-state index contributed by atoms with van der Waals surface area (Å²) in [5, 5.41) is 13.3. The lowest BCUT2D eigenvalue weighted by Gasteiger charge is -2.31. The van der Waals surface area contributed by atoms with E-state index in [2.05, 4.69) is 61.5 Å². The van der Waals surface area contributed by atoms with Gasteiger partial charge in [0.05, 0.1) is 12.1 Å². The highest BCUT2D eigenvalue weighted by molar-refractivity contribution is 7.98. The number of aliphatic hydroxyl groups is 1. The summed E-state index contributed by atoms with van der Waals surface area (Å²) in [7, 11) is 0. The Labute approximate surface area is 127 Å². The molecule has 0 bridgehead atoms. The van der Waals surface area contributed by atoms with Crippen molar-refractivity contribution in [2.24, 2.45) is 0 Å². The third-order valence-electron chi connectivity index (χ3n) is 3.88. The highest BCUT2D eigenvalue weighted by Gasteiger charge is 2.24. The van der Waals surface area contributed by atoms with Crippen LogP contribution in [0.5, 0.6) is 0 Å². The topological polar surface area (TPSA) is 35.5 Å². The smallest absolute Gasteiger partial charge is 0.0652 e. The summed E-state index contributed by atoms with van der Waals surface area (Å²) < 4.78 is 0. The van der Waals surface area contributed by atoms with Gasteiger partial charge in [-0.05, 0) is 44.0 Å². The van der Waals surface area contributed by atoms with E-state index in [0.717, 1.165) is 31.7 Å². The molecule has 114 valence electrons. The molecule has 20 heavy (non-hydrogen) atoms. The quantitative estimate of drug-likeness (QED) is 0.687. The van der Waals surface area contributed by atoms with Gasteiger partial charge in [-0.2, -0.15) is 0 Å². The normalized spacial score (nSPS) is 14.5. The molecular weight excluding hydrogens is 268 g/mol. The van der Waals surface area contributed by atoms with Crippen LogP contribution in [-0.4, -0.2) is 49.0 Å². The Morgan fingerprint density at radius 2 is 1.80 bits per heavy atom. The molecule has 2 N–H and O–H groups in total. The summed E-state index contributed by atoms with van der Waals surface area (Å²) in [4.78, 5) is 3.62. The van der Waals surface area contributed by atoms with Crippen molar-refractivity contribution in [1.82, 2.24) is 10.2 Å². The summed E-state index contributed by atoms with van der Waals surface area (Å²) in [5.41, 5.74) is 0.765. The van der Waals surface area contributed by atoms with Gasteiger partial charge in [-0.25, -0.2) is 0 Å². The Balaban J connectivity index is 2.65. The fourth-order valence-corrected chi connectivity index (χ4v) is 2.65. The molecule has 0 aliphatic rings. The second-order valence-electron chi connectivity index (χ2n) is 5.17. The van der Waals surface area contributed by atoms with Gasteiger partial charge in [0, 0.05) is 18.0 Å². The van der Waals surface area contributed by atoms with Crippen LogP contribution in [0.25, 0.3) is 0 Å². The Morgan fingerprint density at radius 1 is 1.20 bits per heavy atom. The van der Waals surface area contributed by atoms with Gasteiger partial charge in [0.15, 0.2) is 0 Å². The third kappa shape index (κ3) is 4.77. The molecule has 0 saturated carbocycles. The predicted octanol–water partition coefficient (Wildman–Crippen LogP) is 2.55. The number of nitrogens with one attached hydrogen (secondary N) is 1. The Kier molecular flexibility index (Phi) is 7.59. The summed E-state index contributed by atoms with van der Waals surface area (Å²) in [6.07, 6.45) is 2.07. The summed E-state index contributed by atoms with van der Waals surface area (Å²) in [5.74, 6) is 0. The molecule has 1 unspecified atom stereocenters. The first-order chi connectivity index (χ1) is 9.59. The van der Waals surface area contributed by atoms with Crippen molar-refractivity contribution in [3.8, 4) is 0 Å². The Hall–Kier alpha value is -0.550. The first kappa shape index (κ1) is 17.5. The molecule has 1 rings (SSSR count). The van der Waals surface area contributed by atoms with Crippen LogP contribution in [0.15, 0.2) is 29.2 Å². The summed E-state index contributed by atoms with van der Waals surface area (Å²) in [6, 6.07) is 8.43. The molecule has 0 aliphatic carbocycles. The van der Waals surface area contributed by atoms with Gasteiger partial charge < -0.3 is 15.3 Å². The minimum Gasteiger partial charge on any atom is -0.394 e. The Bertz CT molecular complexity index is 379. The van der Waals surface area contributed by atoms with E-state index < -0.39 is 0 Å². The van der Waals surface area contributed by atoms with E-state index in [0.29, 0.717) is 0 Å². The lowest BCUT2D eigenvalue weighted by Crippen LogP contribution is -2.46. The van der Waals surface area contributed by atoms with E-state index >= 15 is 0 Å². The van der Waals surface area contributed by atoms with Crippen molar-refractivity contribution < 1.29 is 5.11 Å². The second kappa shape index (κ2) is 8.67. The number of likely N-dealkylation sites (N-methyl/N-ethyl adjacent to an activating group) is 1. The molecule has 0 aromatic heterocycles. The largest absolute Gasteiger partial charge is 0.394 e. The SMILES string of the molecule is CCN(CC)CCNC(C)(CO)c1ccc(SC)cc1. The molecule has 4 heteroatoms. The van der Waals surface area contributed by atoms with Crippen LogP contribution in [0.4, 0.5) is 0 Å². The number of thioether (sulfide) groups is 1. The van der Waals surface area contributed by atoms with E-state index in [-0.39, 0.29) is 12.1 Å². The average molecular weight is 296 g/mol. The summed E-state index contributed by atoms with van der Waals surface area (Å²) in [6.45, 7) is 10.5. The zero-order valence-electron chi connectivity index (χ0n) is 13.1. The average Bonchev–Trinajstić information content (AvgIpc) is 2.51. The van der Waals surface area contributed by atoms with Gasteiger partial charge in [-0.1, -0.05) is 26.0 Å². The molecule has 1 aromatic rings. The van der Waals surface area contributed by atoms with Crippen LogP contribution < -0.4 is 5.32 Å². The molecule has 0 spiro atoms. The molecule has 0 aliphatic heterocycles. The van der Waals surface area contributed by atoms with Crippen molar-refractivity contribution in [1.29, 1.82) is 0 Å². The van der Waals surface area contributed by atoms with E-state index in [1.807, 2.05) is 0 Å². The second-order valence-corrected chi connectivity index (χ2v) is 6.05. The maximum atomic E-state index is 9.76. The van der Waals surface area contributed by atoms with E-state index in [4.69, 9.17) is 0 Å². The fourth-order valence-electron chi connectivity index (χ4n) is 2.24. The molecule has 3 nitrogen and oxygen atoms in total. The van der Waals surface area contributed by atoms with Crippen molar-refractivity contribution in [2.75, 3.05) is 39.0 Å². The molecule has 0 amide bonds. The fraction of sp³-hybridized carbons (Fsp3) is 0.625. The van der Waals surface area contributed by atoms with Gasteiger partial charge >= 0.3 is 0 Å². The summed E-state index contributed by atoms with van der Waals surface area (Å²) >= 11 is 1.73. The van der Waals surface area contributed by atoms with Crippen LogP contribution in [0, 0.1) is 0 Å². The monoisotopic (exact) mass is 296 g/mol. The number of hydrogen-bond acceptors (Lipinski definition) is 4. The van der Waals surface area contributed by atoms with Crippen molar-refractivity contribution in [3.63, 3.8) is 0 Å². The molecule has 0 saturated heterocycles. The number of nitrogens with zero attached hydrogens (tertiary/aromatic N) is 1. The zero-order chi connectivity index (χ0) is 15.0. The minimum atomic E-state index is -0.371. The molecule has 1 aromatic carbocycles. The number of aliphatic hydroxyl groups excluding tert-OH is 1. The van der Waals surface area contributed by atoms with E-state index in [1.165, 1.54) is 4.90 Å². The molecular formula is C16H28N2OS. The van der Waals surface area contributed by atoms with Crippen molar-refractivity contribution >= 4 is 11.8 Å². The standard InChI is InChI=1S/C16H28N2OS/c1-5-18(6-2)12-11-17-16(3,13-19)14-7-9-15(20-4)10-8-14/h7-10,17,19H,5-6,11-13H2,1-4H3. The van der Waals surface area contributed by atoms with Crippen LogP contribution >= 0.6 is 11.8 Å². The van der Waals surface area contributed by atoms with Gasteiger partial charge in [0.1, 0.15) is 0 Å². The lowest BCUT2D eigenvalue weighted by molar-refractivity contribution is 0.168. The number of benzene rings is 1. The lowest BCUT2D eigenvalue weighted by atomic mass is 9.93. The van der Waals surface area contributed by atoms with Crippen LogP contribution in [0.2, 0.25) is 0 Å². The molecule has 0 heterocycles. The first-order valence-electron chi connectivity index (χ1n) is 7.32. The number of hydrogen-bond donors (Lipinski definition) is 2. The van der Waals surface area contributed by atoms with E-state index in [9.17, 15) is 5.11 Å². The highest BCUT2D eigenvalue weighted by atomic mass is 32.2. The third-order valence-corrected chi connectivity index (χ3v) is 4.62.